The van der Waals surface area contributed by atoms with Gasteiger partial charge in [-0.15, -0.1) is 0 Å². The molecule has 0 spiro atoms. The van der Waals surface area contributed by atoms with E-state index in [1.165, 1.54) is 48.4 Å². The molecule has 48 heavy (non-hydrogen) atoms. The molecule has 0 bridgehead atoms. The first-order chi connectivity index (χ1) is 23.2. The lowest BCUT2D eigenvalue weighted by atomic mass is 10.1. The summed E-state index contributed by atoms with van der Waals surface area (Å²) in [6, 6.07) is 25.8. The fourth-order valence-electron chi connectivity index (χ4n) is 4.93. The highest BCUT2D eigenvalue weighted by Gasteiger charge is 2.20. The van der Waals surface area contributed by atoms with Crippen molar-refractivity contribution in [2.75, 3.05) is 18.5 Å². The van der Waals surface area contributed by atoms with Crippen molar-refractivity contribution in [1.29, 1.82) is 0 Å². The van der Waals surface area contributed by atoms with E-state index in [0.717, 1.165) is 12.8 Å². The Morgan fingerprint density at radius 2 is 1.42 bits per heavy atom. The summed E-state index contributed by atoms with van der Waals surface area (Å²) in [5, 5.41) is 21.8. The lowest BCUT2D eigenvalue weighted by Gasteiger charge is -2.21. The summed E-state index contributed by atoms with van der Waals surface area (Å²) < 4.78 is 11.3. The standard InChI is InChI=1S/C38H40N2O8/c1-2-3-4-5-6-22-47-33-20-14-30(15-21-33)38(46)48-34-18-10-27(11-19-34)25-40(26-36(43)44)37(45)29-12-16-31(17-13-29)39-35(42)24-28-8-7-9-32(41)23-28/h7-21,23,41H,2-6,22,24-26H2,1H3,(H,39,42)(H,43,44). The number of amides is 2. The first kappa shape index (κ1) is 35.2. The Morgan fingerprint density at radius 1 is 0.750 bits per heavy atom. The van der Waals surface area contributed by atoms with Crippen molar-refractivity contribution in [2.45, 2.75) is 52.0 Å². The SMILES string of the molecule is CCCCCCCOc1ccc(C(=O)Oc2ccc(CN(CC(=O)O)C(=O)c3ccc(NC(=O)Cc4cccc(O)c4)cc3)cc2)cc1. The smallest absolute Gasteiger partial charge is 0.343 e. The normalized spacial score (nSPS) is 10.6. The molecule has 0 aliphatic carbocycles. The maximum atomic E-state index is 13.3. The molecule has 0 saturated carbocycles. The van der Waals surface area contributed by atoms with Crippen molar-refractivity contribution in [3.63, 3.8) is 0 Å². The van der Waals surface area contributed by atoms with Gasteiger partial charge in [0, 0.05) is 17.8 Å². The molecule has 0 unspecified atom stereocenters. The van der Waals surface area contributed by atoms with E-state index in [1.54, 1.807) is 72.8 Å². The third-order valence-electron chi connectivity index (χ3n) is 7.42. The number of carboxylic acid groups (broad SMARTS) is 1. The summed E-state index contributed by atoms with van der Waals surface area (Å²) in [5.41, 5.74) is 2.36. The van der Waals surface area contributed by atoms with Gasteiger partial charge < -0.3 is 29.9 Å². The molecule has 4 aromatic carbocycles. The molecule has 0 saturated heterocycles. The lowest BCUT2D eigenvalue weighted by molar-refractivity contribution is -0.137. The zero-order valence-corrected chi connectivity index (χ0v) is 26.9. The second kappa shape index (κ2) is 17.9. The Bertz CT molecular complexity index is 1670. The van der Waals surface area contributed by atoms with Crippen LogP contribution in [-0.2, 0) is 22.6 Å². The van der Waals surface area contributed by atoms with E-state index in [2.05, 4.69) is 12.2 Å². The van der Waals surface area contributed by atoms with Crippen LogP contribution < -0.4 is 14.8 Å². The van der Waals surface area contributed by atoms with Gasteiger partial charge in [-0.2, -0.15) is 0 Å². The monoisotopic (exact) mass is 652 g/mol. The number of unbranched alkanes of at least 4 members (excludes halogenated alkanes) is 4. The number of aromatic hydroxyl groups is 1. The van der Waals surface area contributed by atoms with E-state index in [0.29, 0.717) is 40.5 Å². The van der Waals surface area contributed by atoms with E-state index >= 15 is 0 Å². The van der Waals surface area contributed by atoms with Gasteiger partial charge in [-0.3, -0.25) is 14.4 Å². The van der Waals surface area contributed by atoms with Gasteiger partial charge in [-0.1, -0.05) is 56.9 Å². The highest BCUT2D eigenvalue weighted by atomic mass is 16.5. The van der Waals surface area contributed by atoms with Crippen LogP contribution in [0, 0.1) is 0 Å². The molecule has 0 aliphatic rings. The van der Waals surface area contributed by atoms with Crippen LogP contribution in [0.25, 0.3) is 0 Å². The molecule has 0 fully saturated rings. The molecule has 0 heterocycles. The number of carboxylic acids is 1. The van der Waals surface area contributed by atoms with Crippen LogP contribution in [0.5, 0.6) is 17.2 Å². The third-order valence-corrected chi connectivity index (χ3v) is 7.42. The number of esters is 1. The molecule has 250 valence electrons. The predicted octanol–water partition coefficient (Wildman–Crippen LogP) is 6.87. The number of hydrogen-bond donors (Lipinski definition) is 3. The summed E-state index contributed by atoms with van der Waals surface area (Å²) in [7, 11) is 0. The number of aliphatic carboxylic acids is 1. The van der Waals surface area contributed by atoms with Crippen LogP contribution in [0.15, 0.2) is 97.1 Å². The second-order valence-electron chi connectivity index (χ2n) is 11.3. The minimum atomic E-state index is -1.17. The maximum Gasteiger partial charge on any atom is 0.343 e. The predicted molar refractivity (Wildman–Crippen MR) is 181 cm³/mol. The molecule has 10 heteroatoms. The number of phenolic OH excluding ortho intramolecular Hbond substituents is 1. The van der Waals surface area contributed by atoms with Gasteiger partial charge in [0.25, 0.3) is 5.91 Å². The molecule has 0 aliphatic heterocycles. The average molecular weight is 653 g/mol. The van der Waals surface area contributed by atoms with Crippen LogP contribution in [0.1, 0.15) is 70.9 Å². The largest absolute Gasteiger partial charge is 0.508 e. The van der Waals surface area contributed by atoms with E-state index < -0.39 is 24.4 Å². The summed E-state index contributed by atoms with van der Waals surface area (Å²) >= 11 is 0. The first-order valence-electron chi connectivity index (χ1n) is 15.9. The summed E-state index contributed by atoms with van der Waals surface area (Å²) in [6.45, 7) is 2.28. The Kier molecular flexibility index (Phi) is 13.1. The van der Waals surface area contributed by atoms with Crippen molar-refractivity contribution >= 4 is 29.4 Å². The zero-order chi connectivity index (χ0) is 34.3. The molecule has 0 radical (unpaired) electrons. The van der Waals surface area contributed by atoms with Crippen LogP contribution >= 0.6 is 0 Å². The quantitative estimate of drug-likeness (QED) is 0.0637. The van der Waals surface area contributed by atoms with Crippen molar-refractivity contribution in [3.8, 4) is 17.2 Å². The second-order valence-corrected chi connectivity index (χ2v) is 11.3. The van der Waals surface area contributed by atoms with Gasteiger partial charge in [0.2, 0.25) is 5.91 Å². The van der Waals surface area contributed by atoms with Crippen molar-refractivity contribution in [1.82, 2.24) is 4.90 Å². The van der Waals surface area contributed by atoms with Gasteiger partial charge in [-0.25, -0.2) is 4.79 Å². The van der Waals surface area contributed by atoms with Crippen LogP contribution in [0.2, 0.25) is 0 Å². The number of anilines is 1. The van der Waals surface area contributed by atoms with Gasteiger partial charge >= 0.3 is 11.9 Å². The van der Waals surface area contributed by atoms with Crippen molar-refractivity contribution in [3.05, 3.63) is 119 Å². The third kappa shape index (κ3) is 11.3. The topological polar surface area (TPSA) is 142 Å². The molecular formula is C38H40N2O8. The van der Waals surface area contributed by atoms with Crippen molar-refractivity contribution < 1.29 is 38.9 Å². The summed E-state index contributed by atoms with van der Waals surface area (Å²) in [6.07, 6.45) is 5.80. The minimum absolute atomic E-state index is 0.00182. The molecular weight excluding hydrogens is 612 g/mol. The number of ether oxygens (including phenoxy) is 2. The average Bonchev–Trinajstić information content (AvgIpc) is 3.07. The zero-order valence-electron chi connectivity index (χ0n) is 26.9. The molecule has 10 nitrogen and oxygen atoms in total. The van der Waals surface area contributed by atoms with Gasteiger partial charge in [0.15, 0.2) is 0 Å². The van der Waals surface area contributed by atoms with Gasteiger partial charge in [0.1, 0.15) is 23.8 Å². The summed E-state index contributed by atoms with van der Waals surface area (Å²) in [4.78, 5) is 51.1. The van der Waals surface area contributed by atoms with Crippen molar-refractivity contribution in [2.24, 2.45) is 0 Å². The molecule has 2 amide bonds. The summed E-state index contributed by atoms with van der Waals surface area (Å²) in [5.74, 6) is -1.45. The lowest BCUT2D eigenvalue weighted by Crippen LogP contribution is -2.35. The number of rotatable bonds is 17. The molecule has 0 aromatic heterocycles. The Hall–Kier alpha value is -5.64. The first-order valence-corrected chi connectivity index (χ1v) is 15.9. The molecule has 3 N–H and O–H groups in total. The fourth-order valence-corrected chi connectivity index (χ4v) is 4.93. The highest BCUT2D eigenvalue weighted by Crippen LogP contribution is 2.20. The fraction of sp³-hybridized carbons (Fsp3) is 0.263. The number of carbonyl (C=O) groups is 4. The molecule has 4 rings (SSSR count). The van der Waals surface area contributed by atoms with E-state index in [9.17, 15) is 29.4 Å². The number of benzene rings is 4. The van der Waals surface area contributed by atoms with Crippen LogP contribution in [0.4, 0.5) is 5.69 Å². The van der Waals surface area contributed by atoms with Crippen LogP contribution in [-0.4, -0.2) is 52.0 Å². The highest BCUT2D eigenvalue weighted by molar-refractivity contribution is 5.97. The molecule has 4 aromatic rings. The Morgan fingerprint density at radius 3 is 2.08 bits per heavy atom. The van der Waals surface area contributed by atoms with Crippen LogP contribution in [0.3, 0.4) is 0 Å². The van der Waals surface area contributed by atoms with E-state index in [-0.39, 0.29) is 30.2 Å². The Labute approximate surface area is 279 Å². The van der Waals surface area contributed by atoms with Gasteiger partial charge in [0.05, 0.1) is 18.6 Å². The number of nitrogens with one attached hydrogen (secondary N) is 1. The Balaban J connectivity index is 1.29. The number of carbonyl (C=O) groups excluding carboxylic acids is 3. The maximum absolute atomic E-state index is 13.3. The number of hydrogen-bond acceptors (Lipinski definition) is 7. The number of phenols is 1. The minimum Gasteiger partial charge on any atom is -0.508 e. The van der Waals surface area contributed by atoms with Gasteiger partial charge in [-0.05, 0) is 90.3 Å². The van der Waals surface area contributed by atoms with E-state index in [1.807, 2.05) is 0 Å². The number of nitrogens with zero attached hydrogens (tertiary/aromatic N) is 1. The van der Waals surface area contributed by atoms with E-state index in [4.69, 9.17) is 9.47 Å². The molecule has 0 atom stereocenters.